The Labute approximate surface area is 171 Å². The number of nitrogens with one attached hydrogen (secondary N) is 2. The molecule has 0 aliphatic carbocycles. The number of aromatic nitrogens is 4. The highest BCUT2D eigenvalue weighted by Gasteiger charge is 2.23. The van der Waals surface area contributed by atoms with Gasteiger partial charge in [-0.3, -0.25) is 19.5 Å². The predicted molar refractivity (Wildman–Crippen MR) is 112 cm³/mol. The molecule has 0 saturated carbocycles. The molecule has 0 bridgehead atoms. The zero-order valence-electron chi connectivity index (χ0n) is 17.1. The molecule has 1 aromatic carbocycles. The third-order valence-electron chi connectivity index (χ3n) is 5.58. The van der Waals surface area contributed by atoms with Gasteiger partial charge in [0.25, 0.3) is 5.91 Å². The fraction of sp³-hybridized carbons (Fsp3) is 0.409. The molecule has 1 aliphatic heterocycles. The van der Waals surface area contributed by atoms with E-state index >= 15 is 0 Å². The van der Waals surface area contributed by atoms with Gasteiger partial charge < -0.3 is 5.32 Å². The van der Waals surface area contributed by atoms with E-state index in [1.54, 1.807) is 10.7 Å². The normalized spacial score (nSPS) is 15.9. The van der Waals surface area contributed by atoms with E-state index in [4.69, 9.17) is 0 Å². The van der Waals surface area contributed by atoms with Crippen molar-refractivity contribution < 1.29 is 4.79 Å². The molecule has 0 radical (unpaired) electrons. The first-order valence-corrected chi connectivity index (χ1v) is 10.2. The van der Waals surface area contributed by atoms with Crippen LogP contribution < -0.4 is 5.32 Å². The van der Waals surface area contributed by atoms with E-state index in [0.717, 1.165) is 30.0 Å². The molecule has 3 heterocycles. The molecule has 1 atom stereocenters. The Kier molecular flexibility index (Phi) is 5.76. The first-order chi connectivity index (χ1) is 14.1. The van der Waals surface area contributed by atoms with Gasteiger partial charge in [-0.1, -0.05) is 36.8 Å². The lowest BCUT2D eigenvalue weighted by Gasteiger charge is -2.35. The molecule has 0 unspecified atom stereocenters. The SMILES string of the molecule is Cc1nn(C)cc1-c1cc(C(=O)NC[C@@H](c2ccccc2)N2CCCCC2)[nH]n1. The summed E-state index contributed by atoms with van der Waals surface area (Å²) in [6.07, 6.45) is 5.63. The predicted octanol–water partition coefficient (Wildman–Crippen LogP) is 3.08. The number of hydrogen-bond acceptors (Lipinski definition) is 4. The summed E-state index contributed by atoms with van der Waals surface area (Å²) < 4.78 is 1.75. The molecule has 1 fully saturated rings. The molecule has 1 aliphatic rings. The highest BCUT2D eigenvalue weighted by Crippen LogP contribution is 2.24. The summed E-state index contributed by atoms with van der Waals surface area (Å²) in [6.45, 7) is 4.66. The third kappa shape index (κ3) is 4.40. The summed E-state index contributed by atoms with van der Waals surface area (Å²) >= 11 is 0. The number of amides is 1. The Balaban J connectivity index is 1.46. The van der Waals surface area contributed by atoms with E-state index in [9.17, 15) is 4.79 Å². The van der Waals surface area contributed by atoms with Gasteiger partial charge in [0.15, 0.2) is 0 Å². The van der Waals surface area contributed by atoms with Crippen molar-refractivity contribution in [1.82, 2.24) is 30.2 Å². The summed E-state index contributed by atoms with van der Waals surface area (Å²) in [5.41, 5.74) is 4.26. The first kappa shape index (κ1) is 19.4. The molecule has 2 aromatic heterocycles. The number of likely N-dealkylation sites (tertiary alicyclic amines) is 1. The summed E-state index contributed by atoms with van der Waals surface area (Å²) in [5.74, 6) is -0.136. The maximum atomic E-state index is 12.8. The summed E-state index contributed by atoms with van der Waals surface area (Å²) in [5, 5.41) is 14.6. The van der Waals surface area contributed by atoms with Crippen LogP contribution in [0, 0.1) is 6.92 Å². The topological polar surface area (TPSA) is 78.8 Å². The molecular weight excluding hydrogens is 364 g/mol. The first-order valence-electron chi connectivity index (χ1n) is 10.2. The molecule has 2 N–H and O–H groups in total. The average molecular weight is 393 g/mol. The maximum Gasteiger partial charge on any atom is 0.269 e. The van der Waals surface area contributed by atoms with Gasteiger partial charge in [-0.15, -0.1) is 0 Å². The number of aryl methyl sites for hydroxylation is 2. The van der Waals surface area contributed by atoms with E-state index in [1.807, 2.05) is 26.2 Å². The fourth-order valence-corrected chi connectivity index (χ4v) is 4.07. The Bertz CT molecular complexity index is 955. The van der Waals surface area contributed by atoms with E-state index in [0.29, 0.717) is 12.2 Å². The van der Waals surface area contributed by atoms with E-state index < -0.39 is 0 Å². The lowest BCUT2D eigenvalue weighted by Crippen LogP contribution is -2.40. The van der Waals surface area contributed by atoms with Crippen molar-refractivity contribution in [3.8, 4) is 11.3 Å². The lowest BCUT2D eigenvalue weighted by molar-refractivity contribution is 0.0919. The number of carbonyl (C=O) groups excluding carboxylic acids is 1. The Morgan fingerprint density at radius 1 is 1.21 bits per heavy atom. The Morgan fingerprint density at radius 2 is 1.97 bits per heavy atom. The van der Waals surface area contributed by atoms with Gasteiger partial charge >= 0.3 is 0 Å². The van der Waals surface area contributed by atoms with Gasteiger partial charge in [-0.25, -0.2) is 0 Å². The van der Waals surface area contributed by atoms with Crippen LogP contribution >= 0.6 is 0 Å². The van der Waals surface area contributed by atoms with Crippen LogP contribution in [0.3, 0.4) is 0 Å². The van der Waals surface area contributed by atoms with Crippen molar-refractivity contribution >= 4 is 5.91 Å². The van der Waals surface area contributed by atoms with Crippen molar-refractivity contribution in [1.29, 1.82) is 0 Å². The Hall–Kier alpha value is -2.93. The number of benzene rings is 1. The zero-order valence-corrected chi connectivity index (χ0v) is 17.1. The fourth-order valence-electron chi connectivity index (χ4n) is 4.07. The van der Waals surface area contributed by atoms with Crippen LogP contribution in [0.5, 0.6) is 0 Å². The molecule has 7 heteroatoms. The number of rotatable bonds is 6. The number of H-pyrrole nitrogens is 1. The maximum absolute atomic E-state index is 12.8. The van der Waals surface area contributed by atoms with Gasteiger partial charge in [0.2, 0.25) is 0 Å². The number of carbonyl (C=O) groups is 1. The number of aromatic amines is 1. The third-order valence-corrected chi connectivity index (χ3v) is 5.58. The van der Waals surface area contributed by atoms with Crippen molar-refractivity contribution in [3.63, 3.8) is 0 Å². The highest BCUT2D eigenvalue weighted by molar-refractivity contribution is 5.93. The van der Waals surface area contributed by atoms with Crippen LogP contribution in [-0.2, 0) is 7.05 Å². The lowest BCUT2D eigenvalue weighted by atomic mass is 10.0. The molecule has 7 nitrogen and oxygen atoms in total. The minimum atomic E-state index is -0.136. The van der Waals surface area contributed by atoms with Crippen molar-refractivity contribution in [3.05, 3.63) is 59.5 Å². The van der Waals surface area contributed by atoms with Gasteiger partial charge in [0.1, 0.15) is 5.69 Å². The summed E-state index contributed by atoms with van der Waals surface area (Å²) in [7, 11) is 1.88. The van der Waals surface area contributed by atoms with Crippen molar-refractivity contribution in [2.24, 2.45) is 7.05 Å². The number of piperidine rings is 1. The van der Waals surface area contributed by atoms with Crippen LogP contribution in [0.15, 0.2) is 42.6 Å². The largest absolute Gasteiger partial charge is 0.349 e. The van der Waals surface area contributed by atoms with Crippen LogP contribution in [0.25, 0.3) is 11.3 Å². The summed E-state index contributed by atoms with van der Waals surface area (Å²) in [6, 6.07) is 12.4. The zero-order chi connectivity index (χ0) is 20.2. The molecule has 3 aromatic rings. The minimum Gasteiger partial charge on any atom is -0.349 e. The molecule has 152 valence electrons. The average Bonchev–Trinajstić information content (AvgIpc) is 3.36. The number of hydrogen-bond donors (Lipinski definition) is 2. The minimum absolute atomic E-state index is 0.136. The molecule has 29 heavy (non-hydrogen) atoms. The van der Waals surface area contributed by atoms with Crippen molar-refractivity contribution in [2.75, 3.05) is 19.6 Å². The van der Waals surface area contributed by atoms with E-state index in [1.165, 1.54) is 24.8 Å². The van der Waals surface area contributed by atoms with Gasteiger partial charge in [-0.05, 0) is 44.5 Å². The van der Waals surface area contributed by atoms with Gasteiger partial charge in [0.05, 0.1) is 17.4 Å². The second-order valence-electron chi connectivity index (χ2n) is 7.70. The van der Waals surface area contributed by atoms with Gasteiger partial charge in [0, 0.05) is 25.4 Å². The van der Waals surface area contributed by atoms with E-state index in [-0.39, 0.29) is 11.9 Å². The molecule has 1 amide bonds. The van der Waals surface area contributed by atoms with Crippen LogP contribution in [-0.4, -0.2) is 50.4 Å². The monoisotopic (exact) mass is 392 g/mol. The molecule has 0 spiro atoms. The van der Waals surface area contributed by atoms with Crippen LogP contribution in [0.2, 0.25) is 0 Å². The molecule has 4 rings (SSSR count). The second-order valence-corrected chi connectivity index (χ2v) is 7.70. The molecule has 1 saturated heterocycles. The Morgan fingerprint density at radius 3 is 2.66 bits per heavy atom. The quantitative estimate of drug-likeness (QED) is 0.676. The smallest absolute Gasteiger partial charge is 0.269 e. The number of nitrogens with zero attached hydrogens (tertiary/aromatic N) is 4. The van der Waals surface area contributed by atoms with E-state index in [2.05, 4.69) is 49.8 Å². The van der Waals surface area contributed by atoms with Crippen LogP contribution in [0.4, 0.5) is 0 Å². The van der Waals surface area contributed by atoms with Crippen LogP contribution in [0.1, 0.15) is 47.1 Å². The summed E-state index contributed by atoms with van der Waals surface area (Å²) in [4.78, 5) is 15.3. The standard InChI is InChI=1S/C22H28N6O/c1-16-18(15-27(2)26-16)19-13-20(25-24-19)22(29)23-14-21(17-9-5-3-6-10-17)28-11-7-4-8-12-28/h3,5-6,9-10,13,15,21H,4,7-8,11-12,14H2,1-2H3,(H,23,29)(H,24,25)/t21-/m0/s1. The molecular formula is C22H28N6O. The second kappa shape index (κ2) is 8.61. The van der Waals surface area contributed by atoms with Crippen molar-refractivity contribution in [2.45, 2.75) is 32.2 Å². The van der Waals surface area contributed by atoms with Gasteiger partial charge in [-0.2, -0.15) is 10.2 Å². The highest BCUT2D eigenvalue weighted by atomic mass is 16.1.